The Hall–Kier alpha value is -2.34. The van der Waals surface area contributed by atoms with E-state index < -0.39 is 10.0 Å². The number of hydrogen-bond donors (Lipinski definition) is 1. The van der Waals surface area contributed by atoms with Gasteiger partial charge in [-0.25, -0.2) is 8.42 Å². The van der Waals surface area contributed by atoms with Gasteiger partial charge in [-0.05, 0) is 61.7 Å². The first-order valence-corrected chi connectivity index (χ1v) is 9.36. The molecule has 1 saturated heterocycles. The van der Waals surface area contributed by atoms with Gasteiger partial charge in [0.15, 0.2) is 0 Å². The summed E-state index contributed by atoms with van der Waals surface area (Å²) in [5.74, 6) is 0.0825. The van der Waals surface area contributed by atoms with Crippen LogP contribution in [0.15, 0.2) is 47.4 Å². The summed E-state index contributed by atoms with van der Waals surface area (Å²) in [6.07, 6.45) is 1.39. The van der Waals surface area contributed by atoms with E-state index in [0.29, 0.717) is 18.7 Å². The van der Waals surface area contributed by atoms with Crippen LogP contribution in [0, 0.1) is 13.8 Å². The van der Waals surface area contributed by atoms with Crippen LogP contribution in [0.2, 0.25) is 0 Å². The van der Waals surface area contributed by atoms with Crippen molar-refractivity contribution in [2.75, 3.05) is 16.2 Å². The van der Waals surface area contributed by atoms with Crippen LogP contribution in [0.25, 0.3) is 0 Å². The van der Waals surface area contributed by atoms with Crippen LogP contribution in [0.3, 0.4) is 0 Å². The zero-order valence-corrected chi connectivity index (χ0v) is 14.6. The highest BCUT2D eigenvalue weighted by Crippen LogP contribution is 2.25. The van der Waals surface area contributed by atoms with Gasteiger partial charge in [-0.15, -0.1) is 0 Å². The van der Waals surface area contributed by atoms with Crippen molar-refractivity contribution >= 4 is 27.3 Å². The average molecular weight is 344 g/mol. The summed E-state index contributed by atoms with van der Waals surface area (Å²) >= 11 is 0. The molecule has 1 fully saturated rings. The number of nitrogens with zero attached hydrogens (tertiary/aromatic N) is 1. The Morgan fingerprint density at radius 2 is 1.75 bits per heavy atom. The summed E-state index contributed by atoms with van der Waals surface area (Å²) in [4.78, 5) is 13.6. The van der Waals surface area contributed by atoms with Crippen molar-refractivity contribution in [3.05, 3.63) is 53.6 Å². The second-order valence-corrected chi connectivity index (χ2v) is 7.75. The number of nitrogens with one attached hydrogen (secondary N) is 1. The standard InChI is InChI=1S/C18H20N2O3S/c1-13-5-6-14(2)17(12-13)19-24(22,23)16-9-7-15(8-10-16)20-11-3-4-18(20)21/h5-10,12,19H,3-4,11H2,1-2H3. The van der Waals surface area contributed by atoms with Gasteiger partial charge in [-0.2, -0.15) is 0 Å². The van der Waals surface area contributed by atoms with Gasteiger partial charge in [0.2, 0.25) is 5.91 Å². The van der Waals surface area contributed by atoms with Crippen LogP contribution >= 0.6 is 0 Å². The topological polar surface area (TPSA) is 66.5 Å². The van der Waals surface area contributed by atoms with Crippen molar-refractivity contribution in [3.8, 4) is 0 Å². The summed E-state index contributed by atoms with van der Waals surface area (Å²) in [6.45, 7) is 4.46. The first kappa shape index (κ1) is 16.5. The molecular formula is C18H20N2O3S. The monoisotopic (exact) mass is 344 g/mol. The fraction of sp³-hybridized carbons (Fsp3) is 0.278. The summed E-state index contributed by atoms with van der Waals surface area (Å²) in [7, 11) is -3.66. The molecule has 1 heterocycles. The second-order valence-electron chi connectivity index (χ2n) is 6.07. The number of sulfonamides is 1. The molecule has 6 heteroatoms. The largest absolute Gasteiger partial charge is 0.312 e. The minimum Gasteiger partial charge on any atom is -0.312 e. The van der Waals surface area contributed by atoms with E-state index in [1.807, 2.05) is 32.0 Å². The highest BCUT2D eigenvalue weighted by atomic mass is 32.2. The molecule has 0 saturated carbocycles. The molecule has 1 N–H and O–H groups in total. The van der Waals surface area contributed by atoms with Gasteiger partial charge in [-0.1, -0.05) is 12.1 Å². The van der Waals surface area contributed by atoms with Crippen molar-refractivity contribution in [2.45, 2.75) is 31.6 Å². The Labute approximate surface area is 142 Å². The number of carbonyl (C=O) groups is 1. The first-order valence-electron chi connectivity index (χ1n) is 7.87. The maximum absolute atomic E-state index is 12.6. The van der Waals surface area contributed by atoms with Crippen LogP contribution in [0.1, 0.15) is 24.0 Å². The van der Waals surface area contributed by atoms with Gasteiger partial charge in [0.1, 0.15) is 0 Å². The Bertz CT molecular complexity index is 874. The maximum Gasteiger partial charge on any atom is 0.261 e. The van der Waals surface area contributed by atoms with Crippen LogP contribution in [0.4, 0.5) is 11.4 Å². The zero-order valence-electron chi connectivity index (χ0n) is 13.7. The molecule has 0 unspecified atom stereocenters. The molecule has 2 aromatic carbocycles. The van der Waals surface area contributed by atoms with E-state index in [0.717, 1.165) is 23.2 Å². The van der Waals surface area contributed by atoms with Crippen molar-refractivity contribution in [1.82, 2.24) is 0 Å². The molecule has 1 aliphatic rings. The number of carbonyl (C=O) groups excluding carboxylic acids is 1. The molecule has 3 rings (SSSR count). The third-order valence-electron chi connectivity index (χ3n) is 4.17. The van der Waals surface area contributed by atoms with Crippen molar-refractivity contribution in [1.29, 1.82) is 0 Å². The van der Waals surface area contributed by atoms with Gasteiger partial charge in [0, 0.05) is 18.7 Å². The van der Waals surface area contributed by atoms with Crippen molar-refractivity contribution in [3.63, 3.8) is 0 Å². The molecule has 0 aliphatic carbocycles. The molecule has 5 nitrogen and oxygen atoms in total. The first-order chi connectivity index (χ1) is 11.4. The highest BCUT2D eigenvalue weighted by Gasteiger charge is 2.22. The lowest BCUT2D eigenvalue weighted by molar-refractivity contribution is -0.117. The second kappa shape index (κ2) is 6.28. The minimum atomic E-state index is -3.66. The molecule has 126 valence electrons. The Morgan fingerprint density at radius 3 is 2.38 bits per heavy atom. The molecule has 2 aromatic rings. The van der Waals surface area contributed by atoms with E-state index in [-0.39, 0.29) is 10.8 Å². The van der Waals surface area contributed by atoms with E-state index in [1.54, 1.807) is 17.0 Å². The fourth-order valence-electron chi connectivity index (χ4n) is 2.78. The molecule has 0 atom stereocenters. The maximum atomic E-state index is 12.6. The van der Waals surface area contributed by atoms with Crippen LogP contribution in [-0.2, 0) is 14.8 Å². The number of aryl methyl sites for hydroxylation is 2. The predicted molar refractivity (Wildman–Crippen MR) is 94.8 cm³/mol. The van der Waals surface area contributed by atoms with Gasteiger partial charge in [0.05, 0.1) is 10.6 Å². The lowest BCUT2D eigenvalue weighted by atomic mass is 10.1. The lowest BCUT2D eigenvalue weighted by Gasteiger charge is -2.16. The van der Waals surface area contributed by atoms with E-state index in [1.165, 1.54) is 12.1 Å². The quantitative estimate of drug-likeness (QED) is 0.926. The predicted octanol–water partition coefficient (Wildman–Crippen LogP) is 3.23. The molecule has 24 heavy (non-hydrogen) atoms. The van der Waals surface area contributed by atoms with Crippen LogP contribution in [-0.4, -0.2) is 20.9 Å². The summed E-state index contributed by atoms with van der Waals surface area (Å²) in [5, 5.41) is 0. The molecule has 1 amide bonds. The van der Waals surface area contributed by atoms with Crippen molar-refractivity contribution < 1.29 is 13.2 Å². The number of hydrogen-bond acceptors (Lipinski definition) is 3. The van der Waals surface area contributed by atoms with E-state index >= 15 is 0 Å². The summed E-state index contributed by atoms with van der Waals surface area (Å²) in [5.41, 5.74) is 3.17. The smallest absolute Gasteiger partial charge is 0.261 e. The molecular weight excluding hydrogens is 324 g/mol. The summed E-state index contributed by atoms with van der Waals surface area (Å²) < 4.78 is 27.8. The molecule has 0 aromatic heterocycles. The van der Waals surface area contributed by atoms with Crippen LogP contribution < -0.4 is 9.62 Å². The zero-order chi connectivity index (χ0) is 17.3. The van der Waals surface area contributed by atoms with Crippen molar-refractivity contribution in [2.24, 2.45) is 0 Å². The van der Waals surface area contributed by atoms with E-state index in [9.17, 15) is 13.2 Å². The molecule has 0 radical (unpaired) electrons. The summed E-state index contributed by atoms with van der Waals surface area (Å²) in [6, 6.07) is 12.1. The van der Waals surface area contributed by atoms with Gasteiger partial charge < -0.3 is 4.90 Å². The van der Waals surface area contributed by atoms with Gasteiger partial charge >= 0.3 is 0 Å². The third-order valence-corrected chi connectivity index (χ3v) is 5.55. The Balaban J connectivity index is 1.84. The lowest BCUT2D eigenvalue weighted by Crippen LogP contribution is -2.23. The average Bonchev–Trinajstić information content (AvgIpc) is 2.97. The number of anilines is 2. The Kier molecular flexibility index (Phi) is 4.32. The van der Waals surface area contributed by atoms with Gasteiger partial charge in [0.25, 0.3) is 10.0 Å². The Morgan fingerprint density at radius 1 is 1.04 bits per heavy atom. The molecule has 0 spiro atoms. The number of amides is 1. The fourth-order valence-corrected chi connectivity index (χ4v) is 3.90. The van der Waals surface area contributed by atoms with E-state index in [4.69, 9.17) is 0 Å². The van der Waals surface area contributed by atoms with Crippen LogP contribution in [0.5, 0.6) is 0 Å². The number of benzene rings is 2. The normalized spacial score (nSPS) is 14.9. The molecule has 0 bridgehead atoms. The molecule has 1 aliphatic heterocycles. The third kappa shape index (κ3) is 3.28. The minimum absolute atomic E-state index is 0.0825. The van der Waals surface area contributed by atoms with E-state index in [2.05, 4.69) is 4.72 Å². The van der Waals surface area contributed by atoms with Gasteiger partial charge in [-0.3, -0.25) is 9.52 Å². The highest BCUT2D eigenvalue weighted by molar-refractivity contribution is 7.92. The number of rotatable bonds is 4. The SMILES string of the molecule is Cc1ccc(C)c(NS(=O)(=O)c2ccc(N3CCCC3=O)cc2)c1.